The van der Waals surface area contributed by atoms with E-state index < -0.39 is 18.0 Å². The number of rotatable bonds is 9. The topological polar surface area (TPSA) is 83.1 Å². The predicted octanol–water partition coefficient (Wildman–Crippen LogP) is 4.41. The molecule has 0 saturated heterocycles. The number of anilines is 1. The maximum absolute atomic E-state index is 12.7. The van der Waals surface area contributed by atoms with Crippen molar-refractivity contribution in [2.45, 2.75) is 39.2 Å². The molecule has 0 aliphatic rings. The van der Waals surface area contributed by atoms with E-state index in [4.69, 9.17) is 18.9 Å². The van der Waals surface area contributed by atoms with E-state index in [1.54, 1.807) is 0 Å². The number of benzene rings is 2. The average molecular weight is 415 g/mol. The third-order valence-electron chi connectivity index (χ3n) is 4.94. The summed E-state index contributed by atoms with van der Waals surface area (Å²) >= 11 is 0. The standard InChI is InChI=1S/C23H29NO6/c1-7-14(2)16-10-8-9-11-18(16)24-22(25)15(3)30-23(26)17-12-20(28-5)21(29-6)13-19(17)27-4/h8-15H,7H2,1-6H3,(H,24,25)/t14-,15-/m1/s1. The Balaban J connectivity index is 2.17. The molecule has 0 unspecified atom stereocenters. The fraction of sp³-hybridized carbons (Fsp3) is 0.391. The quantitative estimate of drug-likeness (QED) is 0.611. The van der Waals surface area contributed by atoms with Crippen molar-refractivity contribution in [3.05, 3.63) is 47.5 Å². The monoisotopic (exact) mass is 415 g/mol. The number of esters is 1. The van der Waals surface area contributed by atoms with Gasteiger partial charge in [-0.2, -0.15) is 0 Å². The smallest absolute Gasteiger partial charge is 0.342 e. The molecule has 7 heteroatoms. The third kappa shape index (κ3) is 5.23. The largest absolute Gasteiger partial charge is 0.496 e. The summed E-state index contributed by atoms with van der Waals surface area (Å²) < 4.78 is 21.1. The Kier molecular flexibility index (Phi) is 8.09. The van der Waals surface area contributed by atoms with Crippen LogP contribution in [0.15, 0.2) is 36.4 Å². The van der Waals surface area contributed by atoms with E-state index in [0.717, 1.165) is 12.0 Å². The number of amides is 1. The van der Waals surface area contributed by atoms with Gasteiger partial charge in [-0.1, -0.05) is 32.0 Å². The van der Waals surface area contributed by atoms with Gasteiger partial charge in [0.15, 0.2) is 17.6 Å². The van der Waals surface area contributed by atoms with Crippen molar-refractivity contribution < 1.29 is 28.5 Å². The van der Waals surface area contributed by atoms with Crippen LogP contribution >= 0.6 is 0 Å². The van der Waals surface area contributed by atoms with Crippen LogP contribution in [0.5, 0.6) is 17.2 Å². The fourth-order valence-corrected chi connectivity index (χ4v) is 2.96. The highest BCUT2D eigenvalue weighted by molar-refractivity contribution is 5.99. The second-order valence-corrected chi connectivity index (χ2v) is 6.84. The summed E-state index contributed by atoms with van der Waals surface area (Å²) in [5.41, 5.74) is 1.88. The van der Waals surface area contributed by atoms with Crippen molar-refractivity contribution in [2.75, 3.05) is 26.6 Å². The molecule has 0 heterocycles. The molecule has 2 atom stereocenters. The van der Waals surface area contributed by atoms with Crippen molar-refractivity contribution in [1.29, 1.82) is 0 Å². The van der Waals surface area contributed by atoms with Crippen LogP contribution in [0.2, 0.25) is 0 Å². The lowest BCUT2D eigenvalue weighted by Crippen LogP contribution is -2.30. The molecule has 0 fully saturated rings. The maximum atomic E-state index is 12.7. The maximum Gasteiger partial charge on any atom is 0.342 e. The molecular weight excluding hydrogens is 386 g/mol. The van der Waals surface area contributed by atoms with Gasteiger partial charge in [0.1, 0.15) is 11.3 Å². The zero-order chi connectivity index (χ0) is 22.3. The molecule has 7 nitrogen and oxygen atoms in total. The molecule has 2 aromatic carbocycles. The predicted molar refractivity (Wildman–Crippen MR) is 115 cm³/mol. The van der Waals surface area contributed by atoms with E-state index in [2.05, 4.69) is 19.2 Å². The minimum atomic E-state index is -1.01. The molecule has 2 rings (SSSR count). The Labute approximate surface area is 177 Å². The van der Waals surface area contributed by atoms with Gasteiger partial charge in [-0.05, 0) is 30.9 Å². The number of ether oxygens (including phenoxy) is 4. The Morgan fingerprint density at radius 2 is 1.53 bits per heavy atom. The van der Waals surface area contributed by atoms with Crippen LogP contribution in [0.1, 0.15) is 49.0 Å². The normalized spacial score (nSPS) is 12.5. The zero-order valence-corrected chi connectivity index (χ0v) is 18.3. The highest BCUT2D eigenvalue weighted by atomic mass is 16.6. The first-order valence-corrected chi connectivity index (χ1v) is 9.76. The van der Waals surface area contributed by atoms with Crippen molar-refractivity contribution in [2.24, 2.45) is 0 Å². The molecule has 0 aromatic heterocycles. The fourth-order valence-electron chi connectivity index (χ4n) is 2.96. The molecule has 162 valence electrons. The van der Waals surface area contributed by atoms with Gasteiger partial charge >= 0.3 is 5.97 Å². The van der Waals surface area contributed by atoms with Crippen LogP contribution in [-0.4, -0.2) is 39.3 Å². The third-order valence-corrected chi connectivity index (χ3v) is 4.94. The second-order valence-electron chi connectivity index (χ2n) is 6.84. The van der Waals surface area contributed by atoms with E-state index in [1.807, 2.05) is 24.3 Å². The Morgan fingerprint density at radius 1 is 0.933 bits per heavy atom. The van der Waals surface area contributed by atoms with Crippen LogP contribution in [0.4, 0.5) is 5.69 Å². The summed E-state index contributed by atoms with van der Waals surface area (Å²) in [5.74, 6) is 0.190. The van der Waals surface area contributed by atoms with Gasteiger partial charge in [-0.15, -0.1) is 0 Å². The van der Waals surface area contributed by atoms with Crippen LogP contribution in [-0.2, 0) is 9.53 Å². The number of hydrogen-bond acceptors (Lipinski definition) is 6. The van der Waals surface area contributed by atoms with Crippen LogP contribution in [0, 0.1) is 0 Å². The SMILES string of the molecule is CC[C@@H](C)c1ccccc1NC(=O)[C@@H](C)OC(=O)c1cc(OC)c(OC)cc1OC. The summed E-state index contributed by atoms with van der Waals surface area (Å²) in [5, 5.41) is 2.86. The first kappa shape index (κ1) is 23.1. The summed E-state index contributed by atoms with van der Waals surface area (Å²) in [6, 6.07) is 10.6. The first-order chi connectivity index (χ1) is 14.4. The molecule has 0 spiro atoms. The molecule has 1 N–H and O–H groups in total. The number of carbonyl (C=O) groups is 2. The van der Waals surface area contributed by atoms with Gasteiger partial charge in [-0.3, -0.25) is 4.79 Å². The second kappa shape index (κ2) is 10.5. The van der Waals surface area contributed by atoms with Crippen LogP contribution in [0.3, 0.4) is 0 Å². The van der Waals surface area contributed by atoms with Crippen molar-refractivity contribution in [3.63, 3.8) is 0 Å². The Hall–Kier alpha value is -3.22. The minimum absolute atomic E-state index is 0.134. The molecule has 0 bridgehead atoms. The minimum Gasteiger partial charge on any atom is -0.496 e. The van der Waals surface area contributed by atoms with Crippen LogP contribution in [0.25, 0.3) is 0 Å². The van der Waals surface area contributed by atoms with Gasteiger partial charge in [0, 0.05) is 17.8 Å². The number of para-hydroxylation sites is 1. The number of hydrogen-bond donors (Lipinski definition) is 1. The Morgan fingerprint density at radius 3 is 2.13 bits per heavy atom. The van der Waals surface area contributed by atoms with Gasteiger partial charge in [0.2, 0.25) is 0 Å². The molecule has 0 radical (unpaired) electrons. The average Bonchev–Trinajstić information content (AvgIpc) is 2.77. The van der Waals surface area contributed by atoms with E-state index in [1.165, 1.54) is 40.4 Å². The highest BCUT2D eigenvalue weighted by Gasteiger charge is 2.24. The molecular formula is C23H29NO6. The lowest BCUT2D eigenvalue weighted by Gasteiger charge is -2.19. The number of methoxy groups -OCH3 is 3. The summed E-state index contributed by atoms with van der Waals surface area (Å²) in [4.78, 5) is 25.4. The van der Waals surface area contributed by atoms with Crippen molar-refractivity contribution in [3.8, 4) is 17.2 Å². The van der Waals surface area contributed by atoms with Crippen molar-refractivity contribution in [1.82, 2.24) is 0 Å². The van der Waals surface area contributed by atoms with Crippen molar-refractivity contribution >= 4 is 17.6 Å². The van der Waals surface area contributed by atoms with Gasteiger partial charge in [0.25, 0.3) is 5.91 Å². The number of nitrogens with one attached hydrogen (secondary N) is 1. The van der Waals surface area contributed by atoms with E-state index in [-0.39, 0.29) is 17.2 Å². The van der Waals surface area contributed by atoms with Gasteiger partial charge in [-0.25, -0.2) is 4.79 Å². The van der Waals surface area contributed by atoms with E-state index in [0.29, 0.717) is 17.2 Å². The number of carbonyl (C=O) groups excluding carboxylic acids is 2. The van der Waals surface area contributed by atoms with E-state index >= 15 is 0 Å². The Bertz CT molecular complexity index is 895. The molecule has 1 amide bonds. The summed E-state index contributed by atoms with van der Waals surface area (Å²) in [6.45, 7) is 5.70. The molecule has 2 aromatic rings. The van der Waals surface area contributed by atoms with Crippen LogP contribution < -0.4 is 19.5 Å². The zero-order valence-electron chi connectivity index (χ0n) is 18.3. The molecule has 0 saturated carbocycles. The molecule has 0 aliphatic heterocycles. The summed E-state index contributed by atoms with van der Waals surface area (Å²) in [6.07, 6.45) is -0.0726. The molecule has 0 aliphatic carbocycles. The van der Waals surface area contributed by atoms with E-state index in [9.17, 15) is 9.59 Å². The van der Waals surface area contributed by atoms with Gasteiger partial charge in [0.05, 0.1) is 21.3 Å². The highest BCUT2D eigenvalue weighted by Crippen LogP contribution is 2.35. The van der Waals surface area contributed by atoms with Gasteiger partial charge < -0.3 is 24.3 Å². The summed E-state index contributed by atoms with van der Waals surface area (Å²) in [7, 11) is 4.38. The molecule has 30 heavy (non-hydrogen) atoms. The lowest BCUT2D eigenvalue weighted by molar-refractivity contribution is -0.123. The first-order valence-electron chi connectivity index (χ1n) is 9.76. The lowest BCUT2D eigenvalue weighted by atomic mass is 9.97.